The van der Waals surface area contributed by atoms with Gasteiger partial charge in [0.1, 0.15) is 15.8 Å². The van der Waals surface area contributed by atoms with Gasteiger partial charge in [0.2, 0.25) is 0 Å². The zero-order valence-electron chi connectivity index (χ0n) is 15.4. The van der Waals surface area contributed by atoms with Crippen molar-refractivity contribution in [3.05, 3.63) is 82.7 Å². The lowest BCUT2D eigenvalue weighted by Crippen LogP contribution is -2.30. The van der Waals surface area contributed by atoms with Crippen LogP contribution in [0.4, 0.5) is 0 Å². The molecule has 1 N–H and O–H groups in total. The van der Waals surface area contributed by atoms with Crippen LogP contribution in [0.2, 0.25) is 0 Å². The molecule has 5 nitrogen and oxygen atoms in total. The topological polar surface area (TPSA) is 66.6 Å². The van der Waals surface area contributed by atoms with Gasteiger partial charge in [0.05, 0.1) is 17.2 Å². The van der Waals surface area contributed by atoms with Crippen LogP contribution < -0.4 is 0 Å². The Morgan fingerprint density at radius 3 is 2.69 bits per heavy atom. The van der Waals surface area contributed by atoms with E-state index in [0.717, 1.165) is 12.0 Å². The monoisotopic (exact) mass is 422 g/mol. The van der Waals surface area contributed by atoms with Crippen molar-refractivity contribution in [3.63, 3.8) is 0 Å². The highest BCUT2D eigenvalue weighted by atomic mass is 32.2. The average molecular weight is 423 g/mol. The van der Waals surface area contributed by atoms with Crippen molar-refractivity contribution in [2.45, 2.75) is 13.0 Å². The first-order chi connectivity index (χ1) is 14.1. The summed E-state index contributed by atoms with van der Waals surface area (Å²) in [6.45, 7) is 0.452. The highest BCUT2D eigenvalue weighted by Gasteiger charge is 2.31. The fraction of sp³-hybridized carbons (Fsp3) is 0.136. The molecule has 7 heteroatoms. The summed E-state index contributed by atoms with van der Waals surface area (Å²) in [5, 5.41) is 9.09. The number of thioether (sulfide) groups is 1. The number of aliphatic hydroxyl groups is 1. The number of furan rings is 1. The van der Waals surface area contributed by atoms with Crippen LogP contribution >= 0.6 is 24.0 Å². The number of benzene rings is 1. The third-order valence-electron chi connectivity index (χ3n) is 4.51. The van der Waals surface area contributed by atoms with Crippen LogP contribution in [0.15, 0.2) is 70.1 Å². The number of aromatic nitrogens is 1. The largest absolute Gasteiger partial charge is 0.457 e. The molecule has 4 rings (SSSR count). The summed E-state index contributed by atoms with van der Waals surface area (Å²) >= 11 is 6.69. The molecule has 1 saturated heterocycles. The van der Waals surface area contributed by atoms with E-state index in [1.165, 1.54) is 17.3 Å². The number of aliphatic hydroxyl groups excluding tert-OH is 1. The normalized spacial score (nSPS) is 15.5. The maximum Gasteiger partial charge on any atom is 0.266 e. The molecule has 2 aromatic heterocycles. The number of nitrogens with zero attached hydrogens (tertiary/aromatic N) is 2. The molecule has 1 aromatic carbocycles. The maximum absolute atomic E-state index is 12.8. The van der Waals surface area contributed by atoms with Gasteiger partial charge in [0, 0.05) is 24.4 Å². The lowest BCUT2D eigenvalue weighted by molar-refractivity contribution is -0.122. The Labute approximate surface area is 178 Å². The minimum atomic E-state index is -0.101. The van der Waals surface area contributed by atoms with Gasteiger partial charge in [-0.05, 0) is 36.2 Å². The van der Waals surface area contributed by atoms with Gasteiger partial charge in [-0.1, -0.05) is 54.3 Å². The van der Waals surface area contributed by atoms with Crippen LogP contribution in [0.3, 0.4) is 0 Å². The second kappa shape index (κ2) is 8.73. The zero-order chi connectivity index (χ0) is 20.2. The van der Waals surface area contributed by atoms with Gasteiger partial charge in [-0.25, -0.2) is 0 Å². The van der Waals surface area contributed by atoms with Gasteiger partial charge >= 0.3 is 0 Å². The first-order valence-corrected chi connectivity index (χ1v) is 10.3. The fourth-order valence-electron chi connectivity index (χ4n) is 2.96. The van der Waals surface area contributed by atoms with E-state index < -0.39 is 0 Å². The molecular weight excluding hydrogens is 404 g/mol. The Balaban J connectivity index is 1.46. The Morgan fingerprint density at radius 1 is 1.14 bits per heavy atom. The van der Waals surface area contributed by atoms with Crippen molar-refractivity contribution in [2.24, 2.45) is 0 Å². The minimum absolute atomic E-state index is 0.0946. The van der Waals surface area contributed by atoms with Gasteiger partial charge in [-0.15, -0.1) is 0 Å². The van der Waals surface area contributed by atoms with Crippen LogP contribution in [0.5, 0.6) is 0 Å². The number of pyridine rings is 1. The highest BCUT2D eigenvalue weighted by Crippen LogP contribution is 2.33. The molecule has 0 bridgehead atoms. The molecule has 0 spiro atoms. The standard InChI is InChI=1S/C22H18N2O3S2/c25-14-17-7-6-16(13-23-17)19-9-8-18(27-19)12-20-21(26)24(22(28)29-20)11-10-15-4-2-1-3-5-15/h1-9,12-13,25H,10-11,14H2/b20-12-. The quantitative estimate of drug-likeness (QED) is 0.473. The molecule has 146 valence electrons. The Kier molecular flexibility index (Phi) is 5.89. The number of hydrogen-bond acceptors (Lipinski definition) is 6. The van der Waals surface area contributed by atoms with E-state index in [9.17, 15) is 4.79 Å². The van der Waals surface area contributed by atoms with Crippen LogP contribution in [-0.4, -0.2) is 31.8 Å². The Bertz CT molecular complexity index is 1060. The van der Waals surface area contributed by atoms with Gasteiger partial charge in [0.15, 0.2) is 0 Å². The van der Waals surface area contributed by atoms with E-state index in [-0.39, 0.29) is 12.5 Å². The molecule has 1 aliphatic rings. The number of amides is 1. The maximum atomic E-state index is 12.8. The van der Waals surface area contributed by atoms with Gasteiger partial charge in [-0.3, -0.25) is 14.7 Å². The second-order valence-corrected chi connectivity index (χ2v) is 8.14. The molecule has 0 radical (unpaired) electrons. The Hall–Kier alpha value is -2.74. The van der Waals surface area contributed by atoms with E-state index in [2.05, 4.69) is 4.98 Å². The van der Waals surface area contributed by atoms with E-state index in [0.29, 0.717) is 33.0 Å². The number of carbonyl (C=O) groups is 1. The molecule has 0 aliphatic carbocycles. The van der Waals surface area contributed by atoms with Crippen LogP contribution in [0.25, 0.3) is 17.4 Å². The van der Waals surface area contributed by atoms with E-state index in [1.54, 1.807) is 23.2 Å². The smallest absolute Gasteiger partial charge is 0.266 e. The van der Waals surface area contributed by atoms with Crippen molar-refractivity contribution in [2.75, 3.05) is 6.54 Å². The van der Waals surface area contributed by atoms with E-state index >= 15 is 0 Å². The first kappa shape index (κ1) is 19.6. The molecule has 1 fully saturated rings. The molecule has 0 saturated carbocycles. The van der Waals surface area contributed by atoms with Crippen LogP contribution in [0.1, 0.15) is 17.0 Å². The minimum Gasteiger partial charge on any atom is -0.457 e. The summed E-state index contributed by atoms with van der Waals surface area (Å²) in [6.07, 6.45) is 4.13. The van der Waals surface area contributed by atoms with Gasteiger partial charge in [-0.2, -0.15) is 0 Å². The number of thiocarbonyl (C=S) groups is 1. The SMILES string of the molecule is O=C1/C(=C/c2ccc(-c3ccc(CO)nc3)o2)SC(=S)N1CCc1ccccc1. The zero-order valence-corrected chi connectivity index (χ0v) is 17.1. The third-order valence-corrected chi connectivity index (χ3v) is 5.89. The summed E-state index contributed by atoms with van der Waals surface area (Å²) in [4.78, 5) is 19.1. The fourth-order valence-corrected chi connectivity index (χ4v) is 4.25. The summed E-state index contributed by atoms with van der Waals surface area (Å²) in [5.41, 5.74) is 2.57. The molecule has 0 atom stereocenters. The second-order valence-electron chi connectivity index (χ2n) is 6.47. The average Bonchev–Trinajstić information content (AvgIpc) is 3.32. The van der Waals surface area contributed by atoms with Gasteiger partial charge in [0.25, 0.3) is 5.91 Å². The van der Waals surface area contributed by atoms with Crippen molar-refractivity contribution in [3.8, 4) is 11.3 Å². The molecular formula is C22H18N2O3S2. The van der Waals surface area contributed by atoms with Crippen molar-refractivity contribution < 1.29 is 14.3 Å². The predicted octanol–water partition coefficient (Wildman–Crippen LogP) is 4.28. The van der Waals surface area contributed by atoms with Crippen LogP contribution in [0, 0.1) is 0 Å². The molecule has 3 aromatic rings. The lowest BCUT2D eigenvalue weighted by Gasteiger charge is -2.14. The van der Waals surface area contributed by atoms with Crippen LogP contribution in [-0.2, 0) is 17.8 Å². The number of hydrogen-bond donors (Lipinski definition) is 1. The van der Waals surface area contributed by atoms with E-state index in [1.807, 2.05) is 48.5 Å². The third kappa shape index (κ3) is 4.48. The van der Waals surface area contributed by atoms with Crippen molar-refractivity contribution in [1.29, 1.82) is 0 Å². The first-order valence-electron chi connectivity index (χ1n) is 9.09. The van der Waals surface area contributed by atoms with Crippen molar-refractivity contribution >= 4 is 40.3 Å². The predicted molar refractivity (Wildman–Crippen MR) is 118 cm³/mol. The molecule has 29 heavy (non-hydrogen) atoms. The number of rotatable bonds is 6. The van der Waals surface area contributed by atoms with Gasteiger partial charge < -0.3 is 9.52 Å². The highest BCUT2D eigenvalue weighted by molar-refractivity contribution is 8.26. The molecule has 1 amide bonds. The van der Waals surface area contributed by atoms with Crippen molar-refractivity contribution in [1.82, 2.24) is 9.88 Å². The van der Waals surface area contributed by atoms with E-state index in [4.69, 9.17) is 21.7 Å². The molecule has 1 aliphatic heterocycles. The Morgan fingerprint density at radius 2 is 1.97 bits per heavy atom. The number of carbonyl (C=O) groups excluding carboxylic acids is 1. The lowest BCUT2D eigenvalue weighted by atomic mass is 10.1. The summed E-state index contributed by atoms with van der Waals surface area (Å²) < 4.78 is 6.41. The summed E-state index contributed by atoms with van der Waals surface area (Å²) in [6, 6.07) is 17.3. The summed E-state index contributed by atoms with van der Waals surface area (Å²) in [7, 11) is 0. The summed E-state index contributed by atoms with van der Waals surface area (Å²) in [5.74, 6) is 1.13. The molecule has 3 heterocycles. The molecule has 0 unspecified atom stereocenters.